The van der Waals surface area contributed by atoms with Gasteiger partial charge in [-0.1, -0.05) is 21.1 Å². The van der Waals surface area contributed by atoms with Crippen molar-refractivity contribution in [3.05, 3.63) is 11.6 Å². The summed E-state index contributed by atoms with van der Waals surface area (Å²) < 4.78 is 0. The van der Waals surface area contributed by atoms with E-state index in [0.717, 1.165) is 0 Å². The van der Waals surface area contributed by atoms with Crippen molar-refractivity contribution in [2.24, 2.45) is 5.92 Å². The highest BCUT2D eigenvalue weighted by Gasteiger charge is 2.17. The Balaban J connectivity index is 2.39. The van der Waals surface area contributed by atoms with E-state index in [1.54, 1.807) is 0 Å². The molecule has 1 N–H and O–H groups in total. The molecule has 1 aliphatic rings. The molecule has 0 radical (unpaired) electrons. The van der Waals surface area contributed by atoms with Gasteiger partial charge in [-0.25, -0.2) is 0 Å². The molecule has 1 fully saturated rings. The summed E-state index contributed by atoms with van der Waals surface area (Å²) in [6, 6.07) is 0. The van der Waals surface area contributed by atoms with Crippen molar-refractivity contribution in [1.82, 2.24) is 0 Å². The van der Waals surface area contributed by atoms with Gasteiger partial charge >= 0.3 is 0 Å². The second-order valence-corrected chi connectivity index (χ2v) is 4.34. The summed E-state index contributed by atoms with van der Waals surface area (Å²) in [5.41, 5.74) is 0. The van der Waals surface area contributed by atoms with Gasteiger partial charge in [-0.2, -0.15) is 0 Å². The van der Waals surface area contributed by atoms with Crippen LogP contribution in [0.4, 0.5) is 0 Å². The molecule has 58 valence electrons. The van der Waals surface area contributed by atoms with Crippen LogP contribution in [0.3, 0.4) is 0 Å². The van der Waals surface area contributed by atoms with Crippen molar-refractivity contribution in [1.29, 1.82) is 0 Å². The SMILES string of the molecule is OC(=CPP)C1CCCC1. The number of hydrogen-bond donors (Lipinski definition) is 1. The van der Waals surface area contributed by atoms with Gasteiger partial charge < -0.3 is 5.11 Å². The van der Waals surface area contributed by atoms with Crippen LogP contribution in [0.1, 0.15) is 25.7 Å². The Hall–Kier alpha value is 0.400. The van der Waals surface area contributed by atoms with Gasteiger partial charge in [0.15, 0.2) is 0 Å². The molecule has 0 aromatic heterocycles. The van der Waals surface area contributed by atoms with E-state index in [1.165, 1.54) is 25.7 Å². The van der Waals surface area contributed by atoms with Gasteiger partial charge in [0.05, 0.1) is 5.76 Å². The normalized spacial score (nSPS) is 23.1. The fraction of sp³-hybridized carbons (Fsp3) is 0.714. The van der Waals surface area contributed by atoms with Crippen LogP contribution in [0.5, 0.6) is 0 Å². The van der Waals surface area contributed by atoms with Crippen molar-refractivity contribution >= 4 is 17.2 Å². The van der Waals surface area contributed by atoms with Gasteiger partial charge in [0, 0.05) is 5.92 Å². The van der Waals surface area contributed by atoms with Gasteiger partial charge in [-0.05, 0) is 18.7 Å². The van der Waals surface area contributed by atoms with Crippen LogP contribution < -0.4 is 0 Å². The monoisotopic (exact) mass is 176 g/mol. The molecule has 0 bridgehead atoms. The van der Waals surface area contributed by atoms with E-state index in [0.29, 0.717) is 19.9 Å². The first-order valence-corrected chi connectivity index (χ1v) is 6.58. The molecule has 1 nitrogen and oxygen atoms in total. The molecule has 0 aliphatic heterocycles. The first-order valence-electron chi connectivity index (χ1n) is 3.69. The Labute approximate surface area is 66.2 Å². The standard InChI is InChI=1S/C7H14OP2/c8-7(5-10-9)6-3-1-2-4-6/h5-6,8,10H,1-4,9H2. The Bertz CT molecular complexity index is 128. The summed E-state index contributed by atoms with van der Waals surface area (Å²) in [4.78, 5) is 0. The minimum absolute atomic E-state index is 0.494. The van der Waals surface area contributed by atoms with E-state index in [-0.39, 0.29) is 0 Å². The zero-order valence-corrected chi connectivity index (χ0v) is 8.16. The topological polar surface area (TPSA) is 20.2 Å². The lowest BCUT2D eigenvalue weighted by Gasteiger charge is -2.05. The number of allylic oxidation sites excluding steroid dienone is 1. The van der Waals surface area contributed by atoms with Crippen LogP contribution in [-0.2, 0) is 0 Å². The van der Waals surface area contributed by atoms with Gasteiger partial charge in [-0.15, -0.1) is 8.93 Å². The lowest BCUT2D eigenvalue weighted by molar-refractivity contribution is 0.333. The molecule has 1 aliphatic carbocycles. The highest BCUT2D eigenvalue weighted by Crippen LogP contribution is 2.33. The summed E-state index contributed by atoms with van der Waals surface area (Å²) in [5.74, 6) is 3.06. The molecule has 0 saturated heterocycles. The third-order valence-corrected chi connectivity index (χ3v) is 2.97. The molecule has 1 saturated carbocycles. The number of hydrogen-bond acceptors (Lipinski definition) is 1. The van der Waals surface area contributed by atoms with Crippen molar-refractivity contribution in [2.75, 3.05) is 0 Å². The van der Waals surface area contributed by atoms with Gasteiger partial charge in [0.1, 0.15) is 0 Å². The Morgan fingerprint density at radius 3 is 2.60 bits per heavy atom. The first kappa shape index (κ1) is 8.50. The van der Waals surface area contributed by atoms with E-state index in [2.05, 4.69) is 8.93 Å². The average Bonchev–Trinajstić information content (AvgIpc) is 2.38. The van der Waals surface area contributed by atoms with Crippen LogP contribution in [0.25, 0.3) is 0 Å². The zero-order valence-electron chi connectivity index (χ0n) is 6.01. The number of aliphatic hydroxyl groups excluding tert-OH is 1. The third-order valence-electron chi connectivity index (χ3n) is 2.00. The van der Waals surface area contributed by atoms with Gasteiger partial charge in [-0.3, -0.25) is 0 Å². The fourth-order valence-corrected chi connectivity index (χ4v) is 2.34. The van der Waals surface area contributed by atoms with Crippen LogP contribution in [0.2, 0.25) is 0 Å². The minimum Gasteiger partial charge on any atom is -0.512 e. The lowest BCUT2D eigenvalue weighted by atomic mass is 10.1. The molecular formula is C7H14OP2. The highest BCUT2D eigenvalue weighted by atomic mass is 32.0. The molecule has 1 rings (SSSR count). The Morgan fingerprint density at radius 2 is 2.10 bits per heavy atom. The molecule has 10 heavy (non-hydrogen) atoms. The molecule has 0 aromatic rings. The van der Waals surface area contributed by atoms with E-state index >= 15 is 0 Å². The molecule has 0 aromatic carbocycles. The second kappa shape index (κ2) is 4.31. The fourth-order valence-electron chi connectivity index (χ4n) is 1.42. The lowest BCUT2D eigenvalue weighted by Crippen LogP contribution is -1.95. The Morgan fingerprint density at radius 1 is 1.50 bits per heavy atom. The molecule has 3 heteroatoms. The van der Waals surface area contributed by atoms with Crippen LogP contribution in [-0.4, -0.2) is 5.11 Å². The maximum Gasteiger partial charge on any atom is 0.0958 e. The summed E-state index contributed by atoms with van der Waals surface area (Å²) in [7, 11) is 3.29. The molecule has 0 spiro atoms. The predicted octanol–water partition coefficient (Wildman–Crippen LogP) is 3.04. The quantitative estimate of drug-likeness (QED) is 0.506. The predicted molar refractivity (Wildman–Crippen MR) is 50.7 cm³/mol. The van der Waals surface area contributed by atoms with Crippen LogP contribution in [0.15, 0.2) is 11.6 Å². The van der Waals surface area contributed by atoms with E-state index in [4.69, 9.17) is 0 Å². The second-order valence-electron chi connectivity index (χ2n) is 2.72. The summed E-state index contributed by atoms with van der Waals surface area (Å²) in [6.45, 7) is 0. The van der Waals surface area contributed by atoms with E-state index in [1.807, 2.05) is 5.82 Å². The number of rotatable bonds is 2. The maximum absolute atomic E-state index is 9.40. The molecule has 2 atom stereocenters. The van der Waals surface area contributed by atoms with Crippen LogP contribution in [0, 0.1) is 5.92 Å². The van der Waals surface area contributed by atoms with Crippen molar-refractivity contribution in [3.8, 4) is 0 Å². The first-order chi connectivity index (χ1) is 4.84. The largest absolute Gasteiger partial charge is 0.512 e. The Kier molecular flexibility index (Phi) is 3.66. The summed E-state index contributed by atoms with van der Waals surface area (Å²) in [5, 5.41) is 9.40. The van der Waals surface area contributed by atoms with Crippen molar-refractivity contribution in [2.45, 2.75) is 25.7 Å². The molecule has 0 heterocycles. The van der Waals surface area contributed by atoms with Gasteiger partial charge in [0.2, 0.25) is 0 Å². The molecular weight excluding hydrogens is 162 g/mol. The van der Waals surface area contributed by atoms with Crippen molar-refractivity contribution in [3.63, 3.8) is 0 Å². The zero-order chi connectivity index (χ0) is 7.40. The van der Waals surface area contributed by atoms with Crippen molar-refractivity contribution < 1.29 is 5.11 Å². The maximum atomic E-state index is 9.40. The molecule has 2 unspecified atom stereocenters. The molecule has 0 amide bonds. The smallest absolute Gasteiger partial charge is 0.0958 e. The highest BCUT2D eigenvalue weighted by molar-refractivity contribution is 8.04. The van der Waals surface area contributed by atoms with Gasteiger partial charge in [0.25, 0.3) is 0 Å². The average molecular weight is 176 g/mol. The summed E-state index contributed by atoms with van der Waals surface area (Å²) in [6.07, 6.45) is 4.97. The van der Waals surface area contributed by atoms with E-state index < -0.39 is 0 Å². The minimum atomic E-state index is 0.494. The number of aliphatic hydroxyl groups is 1. The van der Waals surface area contributed by atoms with Crippen LogP contribution >= 0.6 is 17.2 Å². The summed E-state index contributed by atoms with van der Waals surface area (Å²) >= 11 is 0. The van der Waals surface area contributed by atoms with E-state index in [9.17, 15) is 5.11 Å². The third kappa shape index (κ3) is 2.22.